The molecule has 1 aromatic heterocycles. The van der Waals surface area contributed by atoms with Crippen LogP contribution in [0.5, 0.6) is 0 Å². The number of hydrogen-bond donors (Lipinski definition) is 1. The number of aromatic nitrogens is 1. The fourth-order valence-corrected chi connectivity index (χ4v) is 2.81. The van der Waals surface area contributed by atoms with Gasteiger partial charge in [0.15, 0.2) is 0 Å². The Balaban J connectivity index is 2.01. The van der Waals surface area contributed by atoms with Gasteiger partial charge in [0, 0.05) is 5.69 Å². The molecule has 0 fully saturated rings. The van der Waals surface area contributed by atoms with Crippen LogP contribution < -0.4 is 5.32 Å². The molecule has 24 heavy (non-hydrogen) atoms. The van der Waals surface area contributed by atoms with Gasteiger partial charge in [-0.25, -0.2) is 4.98 Å². The van der Waals surface area contributed by atoms with Crippen LogP contribution in [0.2, 0.25) is 0 Å². The molecule has 3 heteroatoms. The summed E-state index contributed by atoms with van der Waals surface area (Å²) in [5.74, 6) is -0.186. The Morgan fingerprint density at radius 3 is 1.88 bits per heavy atom. The van der Waals surface area contributed by atoms with E-state index in [1.165, 1.54) is 0 Å². The van der Waals surface area contributed by atoms with E-state index in [-0.39, 0.29) is 5.91 Å². The average Bonchev–Trinajstić information content (AvgIpc) is 2.63. The molecule has 0 aliphatic heterocycles. The SMILES string of the molecule is Cc1cccc(C(=O)NC(C)(c2ccccc2)c2ccccc2)n1. The number of hydrogen-bond acceptors (Lipinski definition) is 2. The van der Waals surface area contributed by atoms with Crippen molar-refractivity contribution in [1.29, 1.82) is 0 Å². The zero-order valence-corrected chi connectivity index (χ0v) is 13.9. The van der Waals surface area contributed by atoms with Crippen molar-refractivity contribution in [1.82, 2.24) is 10.3 Å². The zero-order chi connectivity index (χ0) is 17.0. The smallest absolute Gasteiger partial charge is 0.270 e. The van der Waals surface area contributed by atoms with E-state index >= 15 is 0 Å². The highest BCUT2D eigenvalue weighted by Gasteiger charge is 2.31. The van der Waals surface area contributed by atoms with E-state index < -0.39 is 5.54 Å². The first kappa shape index (κ1) is 15.9. The Morgan fingerprint density at radius 1 is 0.833 bits per heavy atom. The van der Waals surface area contributed by atoms with Crippen LogP contribution in [0.15, 0.2) is 78.9 Å². The van der Waals surface area contributed by atoms with E-state index in [1.54, 1.807) is 6.07 Å². The third-order valence-electron chi connectivity index (χ3n) is 4.19. The number of nitrogens with one attached hydrogen (secondary N) is 1. The molecular formula is C21H20N2O. The molecule has 0 radical (unpaired) electrons. The lowest BCUT2D eigenvalue weighted by molar-refractivity contribution is 0.0913. The normalized spacial score (nSPS) is 11.1. The largest absolute Gasteiger partial charge is 0.337 e. The Labute approximate surface area is 142 Å². The predicted molar refractivity (Wildman–Crippen MR) is 95.8 cm³/mol. The van der Waals surface area contributed by atoms with Crippen molar-refractivity contribution in [3.63, 3.8) is 0 Å². The Bertz CT molecular complexity index is 789. The van der Waals surface area contributed by atoms with Crippen LogP contribution in [0.4, 0.5) is 0 Å². The lowest BCUT2D eigenvalue weighted by atomic mass is 9.84. The summed E-state index contributed by atoms with van der Waals surface area (Å²) >= 11 is 0. The topological polar surface area (TPSA) is 42.0 Å². The summed E-state index contributed by atoms with van der Waals surface area (Å²) in [6, 6.07) is 25.4. The Kier molecular flexibility index (Phi) is 4.43. The van der Waals surface area contributed by atoms with Crippen molar-refractivity contribution in [3.05, 3.63) is 101 Å². The van der Waals surface area contributed by atoms with Crippen LogP contribution in [-0.2, 0) is 5.54 Å². The van der Waals surface area contributed by atoms with Crippen LogP contribution in [0.3, 0.4) is 0 Å². The van der Waals surface area contributed by atoms with Crippen LogP contribution in [0, 0.1) is 6.92 Å². The highest BCUT2D eigenvalue weighted by molar-refractivity contribution is 5.93. The second-order valence-corrected chi connectivity index (χ2v) is 5.98. The molecule has 1 N–H and O–H groups in total. The average molecular weight is 316 g/mol. The van der Waals surface area contributed by atoms with Crippen LogP contribution >= 0.6 is 0 Å². The number of carbonyl (C=O) groups is 1. The first-order chi connectivity index (χ1) is 11.6. The van der Waals surface area contributed by atoms with Crippen LogP contribution in [0.25, 0.3) is 0 Å². The fourth-order valence-electron chi connectivity index (χ4n) is 2.81. The van der Waals surface area contributed by atoms with Gasteiger partial charge in [0.25, 0.3) is 5.91 Å². The molecule has 120 valence electrons. The minimum absolute atomic E-state index is 0.186. The maximum atomic E-state index is 12.8. The van der Waals surface area contributed by atoms with Gasteiger partial charge >= 0.3 is 0 Å². The van der Waals surface area contributed by atoms with E-state index in [0.29, 0.717) is 5.69 Å². The van der Waals surface area contributed by atoms with E-state index in [1.807, 2.05) is 86.6 Å². The van der Waals surface area contributed by atoms with Gasteiger partial charge in [0.05, 0.1) is 5.54 Å². The third-order valence-corrected chi connectivity index (χ3v) is 4.19. The van der Waals surface area contributed by atoms with Gasteiger partial charge in [-0.2, -0.15) is 0 Å². The third kappa shape index (κ3) is 3.20. The van der Waals surface area contributed by atoms with Crippen molar-refractivity contribution in [3.8, 4) is 0 Å². The maximum absolute atomic E-state index is 12.8. The van der Waals surface area contributed by atoms with Gasteiger partial charge in [-0.1, -0.05) is 66.7 Å². The molecule has 3 aromatic rings. The molecular weight excluding hydrogens is 296 g/mol. The number of rotatable bonds is 4. The van der Waals surface area contributed by atoms with Crippen molar-refractivity contribution in [2.24, 2.45) is 0 Å². The predicted octanol–water partition coefficient (Wildman–Crippen LogP) is 4.08. The minimum Gasteiger partial charge on any atom is -0.337 e. The molecule has 2 aromatic carbocycles. The summed E-state index contributed by atoms with van der Waals surface area (Å²) in [5, 5.41) is 3.17. The number of benzene rings is 2. The van der Waals surface area contributed by atoms with Gasteiger partial charge in [-0.15, -0.1) is 0 Å². The van der Waals surface area contributed by atoms with Gasteiger partial charge in [0.2, 0.25) is 0 Å². The molecule has 1 heterocycles. The van der Waals surface area contributed by atoms with Gasteiger partial charge < -0.3 is 5.32 Å². The standard InChI is InChI=1S/C21H20N2O/c1-16-10-9-15-19(22-16)20(24)23-21(2,17-11-5-3-6-12-17)18-13-7-4-8-14-18/h3-15H,1-2H3,(H,23,24). The highest BCUT2D eigenvalue weighted by Crippen LogP contribution is 2.29. The number of pyridine rings is 1. The van der Waals surface area contributed by atoms with E-state index in [0.717, 1.165) is 16.8 Å². The van der Waals surface area contributed by atoms with E-state index in [4.69, 9.17) is 0 Å². The summed E-state index contributed by atoms with van der Waals surface area (Å²) in [6.07, 6.45) is 0. The van der Waals surface area contributed by atoms with Crippen molar-refractivity contribution < 1.29 is 4.79 Å². The van der Waals surface area contributed by atoms with Gasteiger partial charge in [-0.3, -0.25) is 4.79 Å². The van der Waals surface area contributed by atoms with Crippen molar-refractivity contribution in [2.45, 2.75) is 19.4 Å². The fraction of sp³-hybridized carbons (Fsp3) is 0.143. The molecule has 1 amide bonds. The summed E-state index contributed by atoms with van der Waals surface area (Å²) in [5.41, 5.74) is 2.66. The number of carbonyl (C=O) groups excluding carboxylic acids is 1. The molecule has 0 aliphatic carbocycles. The summed E-state index contributed by atoms with van der Waals surface area (Å²) in [6.45, 7) is 3.90. The molecule has 0 bridgehead atoms. The first-order valence-electron chi connectivity index (χ1n) is 7.97. The maximum Gasteiger partial charge on any atom is 0.270 e. The molecule has 3 nitrogen and oxygen atoms in total. The first-order valence-corrected chi connectivity index (χ1v) is 7.97. The molecule has 0 unspecified atom stereocenters. The number of nitrogens with zero attached hydrogens (tertiary/aromatic N) is 1. The highest BCUT2D eigenvalue weighted by atomic mass is 16.2. The number of amides is 1. The zero-order valence-electron chi connectivity index (χ0n) is 13.9. The molecule has 3 rings (SSSR count). The molecule has 0 saturated heterocycles. The van der Waals surface area contributed by atoms with E-state index in [2.05, 4.69) is 10.3 Å². The summed E-state index contributed by atoms with van der Waals surface area (Å²) < 4.78 is 0. The second kappa shape index (κ2) is 6.67. The Morgan fingerprint density at radius 2 is 1.38 bits per heavy atom. The second-order valence-electron chi connectivity index (χ2n) is 5.98. The lowest BCUT2D eigenvalue weighted by Crippen LogP contribution is -2.44. The lowest BCUT2D eigenvalue weighted by Gasteiger charge is -2.32. The summed E-state index contributed by atoms with van der Waals surface area (Å²) in [7, 11) is 0. The number of aryl methyl sites for hydroxylation is 1. The minimum atomic E-state index is -0.634. The summed E-state index contributed by atoms with van der Waals surface area (Å²) in [4.78, 5) is 17.1. The monoisotopic (exact) mass is 316 g/mol. The van der Waals surface area contributed by atoms with Crippen molar-refractivity contribution >= 4 is 5.91 Å². The van der Waals surface area contributed by atoms with E-state index in [9.17, 15) is 4.79 Å². The van der Waals surface area contributed by atoms with Gasteiger partial charge in [-0.05, 0) is 37.1 Å². The quantitative estimate of drug-likeness (QED) is 0.788. The molecule has 0 aliphatic rings. The van der Waals surface area contributed by atoms with Crippen LogP contribution in [0.1, 0.15) is 34.2 Å². The van der Waals surface area contributed by atoms with Crippen molar-refractivity contribution in [2.75, 3.05) is 0 Å². The van der Waals surface area contributed by atoms with Crippen LogP contribution in [-0.4, -0.2) is 10.9 Å². The Hall–Kier alpha value is -2.94. The van der Waals surface area contributed by atoms with Gasteiger partial charge in [0.1, 0.15) is 5.69 Å². The molecule has 0 spiro atoms. The molecule has 0 saturated carbocycles. The molecule has 0 atom stereocenters.